The van der Waals surface area contributed by atoms with Crippen LogP contribution in [0.1, 0.15) is 70.6 Å². The van der Waals surface area contributed by atoms with Gasteiger partial charge < -0.3 is 14.5 Å². The number of carbonyl (C=O) groups is 2. The normalized spacial score (nSPS) is 17.0. The number of amides is 2. The molecular formula is C31H36N2O3S. The van der Waals surface area contributed by atoms with Crippen molar-refractivity contribution in [2.24, 2.45) is 5.92 Å². The molecule has 37 heavy (non-hydrogen) atoms. The van der Waals surface area contributed by atoms with E-state index in [9.17, 15) is 9.59 Å². The van der Waals surface area contributed by atoms with Crippen molar-refractivity contribution in [1.29, 1.82) is 0 Å². The van der Waals surface area contributed by atoms with Crippen LogP contribution < -0.4 is 4.74 Å². The van der Waals surface area contributed by atoms with Gasteiger partial charge in [0.1, 0.15) is 18.9 Å². The minimum Gasteiger partial charge on any atom is -0.491 e. The molecule has 1 atom stereocenters. The molecule has 5 nitrogen and oxygen atoms in total. The lowest BCUT2D eigenvalue weighted by Gasteiger charge is -2.37. The molecule has 194 valence electrons. The quantitative estimate of drug-likeness (QED) is 0.338. The van der Waals surface area contributed by atoms with Crippen LogP contribution in [-0.4, -0.2) is 47.9 Å². The third-order valence-corrected chi connectivity index (χ3v) is 8.53. The monoisotopic (exact) mass is 516 g/mol. The number of hydrogen-bond donors (Lipinski definition) is 0. The first-order valence-corrected chi connectivity index (χ1v) is 14.2. The Morgan fingerprint density at radius 1 is 1.08 bits per heavy atom. The zero-order valence-electron chi connectivity index (χ0n) is 22.0. The molecule has 3 aromatic rings. The Morgan fingerprint density at radius 3 is 2.54 bits per heavy atom. The number of hydrogen-bond acceptors (Lipinski definition) is 4. The highest BCUT2D eigenvalue weighted by atomic mass is 32.1. The van der Waals surface area contributed by atoms with E-state index >= 15 is 0 Å². The van der Waals surface area contributed by atoms with Gasteiger partial charge in [0.25, 0.3) is 5.91 Å². The Morgan fingerprint density at radius 2 is 1.84 bits per heavy atom. The molecule has 1 aliphatic carbocycles. The third kappa shape index (κ3) is 5.90. The molecule has 1 unspecified atom stereocenters. The lowest BCUT2D eigenvalue weighted by molar-refractivity contribution is -0.135. The Hall–Kier alpha value is -3.12. The van der Waals surface area contributed by atoms with E-state index in [1.54, 1.807) is 16.2 Å². The van der Waals surface area contributed by atoms with Gasteiger partial charge in [-0.05, 0) is 84.4 Å². The highest BCUT2D eigenvalue weighted by Gasteiger charge is 2.35. The van der Waals surface area contributed by atoms with Crippen molar-refractivity contribution in [3.8, 4) is 5.75 Å². The maximum absolute atomic E-state index is 13.8. The smallest absolute Gasteiger partial charge is 0.254 e. The van der Waals surface area contributed by atoms with Crippen molar-refractivity contribution in [2.45, 2.75) is 52.0 Å². The van der Waals surface area contributed by atoms with E-state index in [-0.39, 0.29) is 24.4 Å². The van der Waals surface area contributed by atoms with Gasteiger partial charge in [0.15, 0.2) is 0 Å². The first-order chi connectivity index (χ1) is 17.9. The van der Waals surface area contributed by atoms with Gasteiger partial charge in [0.2, 0.25) is 5.91 Å². The highest BCUT2D eigenvalue weighted by molar-refractivity contribution is 7.10. The van der Waals surface area contributed by atoms with Crippen molar-refractivity contribution in [2.75, 3.05) is 26.2 Å². The van der Waals surface area contributed by atoms with Crippen molar-refractivity contribution in [3.05, 3.63) is 87.1 Å². The summed E-state index contributed by atoms with van der Waals surface area (Å²) in [5, 5.41) is 2.10. The lowest BCUT2D eigenvalue weighted by Crippen LogP contribution is -2.48. The number of nitrogens with zero attached hydrogens (tertiary/aromatic N) is 2. The molecule has 1 fully saturated rings. The number of rotatable bonds is 9. The Kier molecular flexibility index (Phi) is 7.65. The molecule has 0 saturated heterocycles. The van der Waals surface area contributed by atoms with E-state index in [0.717, 1.165) is 30.6 Å². The fourth-order valence-corrected chi connectivity index (χ4v) is 6.00. The first kappa shape index (κ1) is 25.5. The summed E-state index contributed by atoms with van der Waals surface area (Å²) in [6.45, 7) is 8.08. The summed E-state index contributed by atoms with van der Waals surface area (Å²) < 4.78 is 6.23. The molecule has 2 aromatic carbocycles. The molecule has 2 aliphatic rings. The minimum absolute atomic E-state index is 0.0109. The molecular weight excluding hydrogens is 480 g/mol. The number of aryl methyl sites for hydroxylation is 1. The number of fused-ring (bicyclic) bond motifs is 1. The van der Waals surface area contributed by atoms with Gasteiger partial charge in [-0.3, -0.25) is 9.59 Å². The highest BCUT2D eigenvalue weighted by Crippen LogP contribution is 2.35. The summed E-state index contributed by atoms with van der Waals surface area (Å²) in [6, 6.07) is 17.8. The van der Waals surface area contributed by atoms with E-state index in [1.165, 1.54) is 16.0 Å². The molecule has 5 rings (SSSR count). The largest absolute Gasteiger partial charge is 0.491 e. The summed E-state index contributed by atoms with van der Waals surface area (Å²) in [4.78, 5) is 32.3. The Labute approximate surface area is 224 Å². The topological polar surface area (TPSA) is 49.9 Å². The molecule has 0 N–H and O–H groups in total. The van der Waals surface area contributed by atoms with Crippen LogP contribution in [0.2, 0.25) is 0 Å². The Balaban J connectivity index is 1.33. The number of benzene rings is 2. The third-order valence-electron chi connectivity index (χ3n) is 7.53. The average Bonchev–Trinajstić information content (AvgIpc) is 3.59. The maximum Gasteiger partial charge on any atom is 0.254 e. The van der Waals surface area contributed by atoms with Gasteiger partial charge in [0, 0.05) is 23.5 Å². The van der Waals surface area contributed by atoms with Crippen molar-refractivity contribution >= 4 is 23.2 Å². The van der Waals surface area contributed by atoms with Crippen molar-refractivity contribution in [1.82, 2.24) is 9.80 Å². The van der Waals surface area contributed by atoms with Gasteiger partial charge in [-0.25, -0.2) is 0 Å². The summed E-state index contributed by atoms with van der Waals surface area (Å²) in [6.07, 6.45) is 3.09. The van der Waals surface area contributed by atoms with Crippen LogP contribution in [0.5, 0.6) is 5.75 Å². The van der Waals surface area contributed by atoms with Crippen LogP contribution in [-0.2, 0) is 11.2 Å². The molecule has 1 aliphatic heterocycles. The van der Waals surface area contributed by atoms with Crippen LogP contribution in [0.25, 0.3) is 0 Å². The number of thiophene rings is 1. The Bertz CT molecular complexity index is 1250. The second-order valence-corrected chi connectivity index (χ2v) is 11.6. The predicted octanol–water partition coefficient (Wildman–Crippen LogP) is 6.24. The van der Waals surface area contributed by atoms with E-state index in [4.69, 9.17) is 4.74 Å². The molecule has 0 spiro atoms. The molecule has 2 amide bonds. The molecule has 1 saturated carbocycles. The fourth-order valence-electron chi connectivity index (χ4n) is 5.07. The molecule has 6 heteroatoms. The predicted molar refractivity (Wildman–Crippen MR) is 148 cm³/mol. The molecule has 1 aromatic heterocycles. The van der Waals surface area contributed by atoms with Crippen molar-refractivity contribution in [3.63, 3.8) is 0 Å². The second-order valence-electron chi connectivity index (χ2n) is 10.6. The second kappa shape index (κ2) is 11.1. The zero-order valence-corrected chi connectivity index (χ0v) is 22.8. The average molecular weight is 517 g/mol. The summed E-state index contributed by atoms with van der Waals surface area (Å²) in [7, 11) is 0. The number of ether oxygens (including phenoxy) is 1. The van der Waals surface area contributed by atoms with Crippen LogP contribution >= 0.6 is 11.3 Å². The molecule has 2 heterocycles. The van der Waals surface area contributed by atoms with E-state index < -0.39 is 0 Å². The van der Waals surface area contributed by atoms with Gasteiger partial charge in [-0.15, -0.1) is 11.3 Å². The summed E-state index contributed by atoms with van der Waals surface area (Å²) >= 11 is 1.75. The van der Waals surface area contributed by atoms with Crippen LogP contribution in [0.3, 0.4) is 0 Å². The molecule has 0 radical (unpaired) electrons. The molecule has 0 bridgehead atoms. The summed E-state index contributed by atoms with van der Waals surface area (Å²) in [5.41, 5.74) is 4.06. The van der Waals surface area contributed by atoms with Crippen molar-refractivity contribution < 1.29 is 14.3 Å². The van der Waals surface area contributed by atoms with Crippen LogP contribution in [0, 0.1) is 12.8 Å². The van der Waals surface area contributed by atoms with Gasteiger partial charge >= 0.3 is 0 Å². The maximum atomic E-state index is 13.8. The van der Waals surface area contributed by atoms with Gasteiger partial charge in [0.05, 0.1) is 6.04 Å². The standard InChI is InChI=1S/C31H36N2O3S/c1-21(2)24-10-12-25(13-11-24)36-20-28-27-15-17-37-29(27)14-16-33(28)30(34)19-32(18-23-8-9-23)31(35)26-7-5-4-6-22(26)3/h4-7,10-13,15,17,21,23,28H,8-9,14,16,18-20H2,1-3H3. The minimum atomic E-state index is -0.163. The van der Waals surface area contributed by atoms with E-state index in [2.05, 4.69) is 37.4 Å². The number of carbonyl (C=O) groups excluding carboxylic acids is 2. The fraction of sp³-hybridized carbons (Fsp3) is 0.419. The van der Waals surface area contributed by atoms with E-state index in [1.807, 2.05) is 48.2 Å². The van der Waals surface area contributed by atoms with E-state index in [0.29, 0.717) is 37.1 Å². The SMILES string of the molecule is Cc1ccccc1C(=O)N(CC(=O)N1CCc2sccc2C1COc1ccc(C(C)C)cc1)CC1CC1. The van der Waals surface area contributed by atoms with Crippen LogP contribution in [0.4, 0.5) is 0 Å². The first-order valence-electron chi connectivity index (χ1n) is 13.3. The van der Waals surface area contributed by atoms with Crippen LogP contribution in [0.15, 0.2) is 60.0 Å². The van der Waals surface area contributed by atoms with Gasteiger partial charge in [-0.2, -0.15) is 0 Å². The zero-order chi connectivity index (χ0) is 25.9. The lowest BCUT2D eigenvalue weighted by atomic mass is 10.00. The summed E-state index contributed by atoms with van der Waals surface area (Å²) in [5.74, 6) is 1.71. The van der Waals surface area contributed by atoms with Gasteiger partial charge in [-0.1, -0.05) is 44.2 Å².